The first kappa shape index (κ1) is 16.7. The highest BCUT2D eigenvalue weighted by Gasteiger charge is 2.37. The summed E-state index contributed by atoms with van der Waals surface area (Å²) in [5.74, 6) is 1.42. The van der Waals surface area contributed by atoms with Crippen LogP contribution in [0.2, 0.25) is 0 Å². The van der Waals surface area contributed by atoms with Crippen LogP contribution < -0.4 is 10.1 Å². The molecule has 0 saturated carbocycles. The van der Waals surface area contributed by atoms with Crippen molar-refractivity contribution in [2.45, 2.75) is 31.9 Å². The molecule has 0 bridgehead atoms. The van der Waals surface area contributed by atoms with E-state index in [0.717, 1.165) is 41.0 Å². The zero-order chi connectivity index (χ0) is 18.9. The number of carbonyl (C=O) groups excluding carboxylic acids is 1. The number of nitrogens with zero attached hydrogens (tertiary/aromatic N) is 4. The van der Waals surface area contributed by atoms with Gasteiger partial charge in [0.2, 0.25) is 5.95 Å². The van der Waals surface area contributed by atoms with E-state index in [0.29, 0.717) is 19.0 Å². The Morgan fingerprint density at radius 2 is 1.89 bits per heavy atom. The molecule has 7 nitrogen and oxygen atoms in total. The van der Waals surface area contributed by atoms with Crippen molar-refractivity contribution in [2.24, 2.45) is 0 Å². The third-order valence-electron chi connectivity index (χ3n) is 5.18. The van der Waals surface area contributed by atoms with Gasteiger partial charge in [0.15, 0.2) is 5.78 Å². The Balaban J connectivity index is 1.56. The summed E-state index contributed by atoms with van der Waals surface area (Å²) >= 11 is 0. The van der Waals surface area contributed by atoms with Crippen LogP contribution in [-0.4, -0.2) is 26.0 Å². The Kier molecular flexibility index (Phi) is 4.12. The number of ketones is 1. The number of ether oxygens (including phenoxy) is 1. The van der Waals surface area contributed by atoms with Crippen LogP contribution in [0.1, 0.15) is 36.4 Å². The highest BCUT2D eigenvalue weighted by Crippen LogP contribution is 2.42. The molecule has 0 amide bonds. The van der Waals surface area contributed by atoms with E-state index in [1.54, 1.807) is 4.68 Å². The van der Waals surface area contributed by atoms with E-state index in [4.69, 9.17) is 4.74 Å². The molecule has 7 heteroatoms. The number of hydrogen-bond acceptors (Lipinski definition) is 6. The Labute approximate surface area is 162 Å². The molecule has 0 fully saturated rings. The SMILES string of the molecule is O=C1CCCC2=C1C(c1ccccc1OCc1ccccc1)n1nnnc1N2. The van der Waals surface area contributed by atoms with Crippen molar-refractivity contribution < 1.29 is 9.53 Å². The lowest BCUT2D eigenvalue weighted by atomic mass is 9.85. The minimum atomic E-state index is -0.388. The molecule has 2 heterocycles. The molecule has 2 aromatic carbocycles. The maximum absolute atomic E-state index is 12.8. The molecule has 1 aliphatic carbocycles. The number of para-hydroxylation sites is 1. The van der Waals surface area contributed by atoms with Gasteiger partial charge >= 0.3 is 0 Å². The number of allylic oxidation sites excluding steroid dienone is 2. The van der Waals surface area contributed by atoms with Gasteiger partial charge in [-0.1, -0.05) is 53.6 Å². The quantitative estimate of drug-likeness (QED) is 0.756. The smallest absolute Gasteiger partial charge is 0.248 e. The molecule has 0 saturated heterocycles. The number of rotatable bonds is 4. The number of anilines is 1. The van der Waals surface area contributed by atoms with Crippen LogP contribution in [0.4, 0.5) is 5.95 Å². The van der Waals surface area contributed by atoms with Crippen molar-refractivity contribution in [3.8, 4) is 5.75 Å². The zero-order valence-corrected chi connectivity index (χ0v) is 15.2. The van der Waals surface area contributed by atoms with Crippen LogP contribution in [0.15, 0.2) is 65.9 Å². The van der Waals surface area contributed by atoms with Gasteiger partial charge in [0.1, 0.15) is 18.4 Å². The first-order valence-corrected chi connectivity index (χ1v) is 9.38. The summed E-state index contributed by atoms with van der Waals surface area (Å²) < 4.78 is 7.82. The highest BCUT2D eigenvalue weighted by molar-refractivity contribution is 5.99. The van der Waals surface area contributed by atoms with Crippen molar-refractivity contribution in [1.29, 1.82) is 0 Å². The Morgan fingerprint density at radius 3 is 2.79 bits per heavy atom. The molecule has 1 aliphatic heterocycles. The molecule has 1 atom stereocenters. The summed E-state index contributed by atoms with van der Waals surface area (Å²) in [6.45, 7) is 0.450. The molecule has 28 heavy (non-hydrogen) atoms. The Bertz CT molecular complexity index is 1060. The molecule has 0 radical (unpaired) electrons. The van der Waals surface area contributed by atoms with E-state index in [-0.39, 0.29) is 11.8 Å². The van der Waals surface area contributed by atoms with Gasteiger partial charge in [-0.25, -0.2) is 0 Å². The van der Waals surface area contributed by atoms with Crippen molar-refractivity contribution in [3.63, 3.8) is 0 Å². The third kappa shape index (κ3) is 2.85. The number of nitrogens with one attached hydrogen (secondary N) is 1. The van der Waals surface area contributed by atoms with E-state index in [1.165, 1.54) is 0 Å². The summed E-state index contributed by atoms with van der Waals surface area (Å²) in [4.78, 5) is 12.8. The predicted octanol–water partition coefficient (Wildman–Crippen LogP) is 3.27. The number of carbonyl (C=O) groups is 1. The van der Waals surface area contributed by atoms with Crippen molar-refractivity contribution in [3.05, 3.63) is 77.0 Å². The van der Waals surface area contributed by atoms with Gasteiger partial charge in [-0.2, -0.15) is 4.68 Å². The van der Waals surface area contributed by atoms with Gasteiger partial charge in [-0.15, -0.1) is 0 Å². The lowest BCUT2D eigenvalue weighted by Crippen LogP contribution is -2.31. The molecule has 3 aromatic rings. The van der Waals surface area contributed by atoms with Crippen LogP contribution in [0, 0.1) is 0 Å². The fourth-order valence-electron chi connectivity index (χ4n) is 3.88. The average molecular weight is 373 g/mol. The van der Waals surface area contributed by atoms with Crippen LogP contribution in [0.3, 0.4) is 0 Å². The summed E-state index contributed by atoms with van der Waals surface area (Å²) in [5, 5.41) is 15.3. The monoisotopic (exact) mass is 373 g/mol. The van der Waals surface area contributed by atoms with Crippen molar-refractivity contribution in [2.75, 3.05) is 5.32 Å². The molecule has 5 rings (SSSR count). The summed E-state index contributed by atoms with van der Waals surface area (Å²) in [6, 6.07) is 17.4. The molecule has 140 valence electrons. The van der Waals surface area contributed by atoms with Crippen molar-refractivity contribution >= 4 is 11.7 Å². The molecular formula is C21H19N5O2. The summed E-state index contributed by atoms with van der Waals surface area (Å²) in [7, 11) is 0. The Hall–Kier alpha value is -3.48. The van der Waals surface area contributed by atoms with E-state index < -0.39 is 0 Å². The van der Waals surface area contributed by atoms with Crippen molar-refractivity contribution in [1.82, 2.24) is 20.2 Å². The van der Waals surface area contributed by atoms with Crippen LogP contribution in [0.25, 0.3) is 0 Å². The second-order valence-electron chi connectivity index (χ2n) is 6.96. The van der Waals surface area contributed by atoms with Gasteiger partial charge in [-0.05, 0) is 34.9 Å². The normalized spacial score (nSPS) is 18.3. The van der Waals surface area contributed by atoms with Gasteiger partial charge < -0.3 is 10.1 Å². The van der Waals surface area contributed by atoms with E-state index in [2.05, 4.69) is 20.8 Å². The molecule has 1 unspecified atom stereocenters. The molecular weight excluding hydrogens is 354 g/mol. The summed E-state index contributed by atoms with van der Waals surface area (Å²) in [5.41, 5.74) is 3.62. The predicted molar refractivity (Wildman–Crippen MR) is 103 cm³/mol. The molecule has 1 aromatic heterocycles. The number of Topliss-reactive ketones (excluding diaryl/α,β-unsaturated/α-hetero) is 1. The first-order valence-electron chi connectivity index (χ1n) is 9.38. The fraction of sp³-hybridized carbons (Fsp3) is 0.238. The summed E-state index contributed by atoms with van der Waals surface area (Å²) in [6.07, 6.45) is 2.20. The van der Waals surface area contributed by atoms with Gasteiger partial charge in [0.25, 0.3) is 0 Å². The van der Waals surface area contributed by atoms with Crippen LogP contribution >= 0.6 is 0 Å². The van der Waals surface area contributed by atoms with E-state index in [9.17, 15) is 4.79 Å². The van der Waals surface area contributed by atoms with E-state index >= 15 is 0 Å². The minimum Gasteiger partial charge on any atom is -0.489 e. The topological polar surface area (TPSA) is 81.9 Å². The van der Waals surface area contributed by atoms with Gasteiger partial charge in [0.05, 0.1) is 0 Å². The number of tetrazole rings is 1. The number of aromatic nitrogens is 4. The standard InChI is InChI=1S/C21H19N5O2/c27-17-11-6-10-16-19(17)20(26-21(22-16)23-24-25-26)15-9-4-5-12-18(15)28-13-14-7-2-1-3-8-14/h1-5,7-9,12,20H,6,10-11,13H2,(H,22,23,25). The molecule has 1 N–H and O–H groups in total. The largest absolute Gasteiger partial charge is 0.489 e. The Morgan fingerprint density at radius 1 is 1.07 bits per heavy atom. The number of fused-ring (bicyclic) bond motifs is 1. The molecule has 0 spiro atoms. The second kappa shape index (κ2) is 6.92. The highest BCUT2D eigenvalue weighted by atomic mass is 16.5. The third-order valence-corrected chi connectivity index (χ3v) is 5.18. The van der Waals surface area contributed by atoms with Gasteiger partial charge in [0, 0.05) is 23.3 Å². The second-order valence-corrected chi connectivity index (χ2v) is 6.96. The number of hydrogen-bond donors (Lipinski definition) is 1. The lowest BCUT2D eigenvalue weighted by Gasteiger charge is -2.32. The maximum atomic E-state index is 12.8. The molecule has 2 aliphatic rings. The average Bonchev–Trinajstić information content (AvgIpc) is 3.20. The zero-order valence-electron chi connectivity index (χ0n) is 15.2. The van der Waals surface area contributed by atoms with E-state index in [1.807, 2.05) is 54.6 Å². The minimum absolute atomic E-state index is 0.137. The van der Waals surface area contributed by atoms with Gasteiger partial charge in [-0.3, -0.25) is 4.79 Å². The maximum Gasteiger partial charge on any atom is 0.248 e. The first-order chi connectivity index (χ1) is 13.8. The fourth-order valence-corrected chi connectivity index (χ4v) is 3.88. The lowest BCUT2D eigenvalue weighted by molar-refractivity contribution is -0.116. The van der Waals surface area contributed by atoms with Crippen LogP contribution in [0.5, 0.6) is 5.75 Å². The number of benzene rings is 2. The van der Waals surface area contributed by atoms with Crippen LogP contribution in [-0.2, 0) is 11.4 Å².